The van der Waals surface area contributed by atoms with E-state index in [-0.39, 0.29) is 11.7 Å². The molecule has 2 aromatic heterocycles. The number of aromatic amines is 1. The second-order valence-corrected chi connectivity index (χ2v) is 4.19. The van der Waals surface area contributed by atoms with E-state index in [4.69, 9.17) is 0 Å². The van der Waals surface area contributed by atoms with Crippen molar-refractivity contribution < 1.29 is 4.92 Å². The number of pyridine rings is 1. The maximum Gasteiger partial charge on any atom is 0.290 e. The van der Waals surface area contributed by atoms with Gasteiger partial charge in [-0.2, -0.15) is 0 Å². The van der Waals surface area contributed by atoms with Crippen LogP contribution < -0.4 is 5.32 Å². The van der Waals surface area contributed by atoms with Gasteiger partial charge in [-0.1, -0.05) is 6.92 Å². The van der Waals surface area contributed by atoms with Gasteiger partial charge < -0.3 is 10.3 Å². The summed E-state index contributed by atoms with van der Waals surface area (Å²) >= 11 is 0. The fourth-order valence-corrected chi connectivity index (χ4v) is 1.83. The van der Waals surface area contributed by atoms with E-state index in [0.717, 1.165) is 12.2 Å². The van der Waals surface area contributed by atoms with Crippen molar-refractivity contribution >= 4 is 11.5 Å². The van der Waals surface area contributed by atoms with Gasteiger partial charge in [0.25, 0.3) is 5.69 Å². The number of imidazole rings is 1. The quantitative estimate of drug-likeness (QED) is 0.637. The van der Waals surface area contributed by atoms with E-state index >= 15 is 0 Å². The fraction of sp³-hybridized carbons (Fsp3) is 0.333. The van der Waals surface area contributed by atoms with E-state index in [0.29, 0.717) is 11.4 Å². The van der Waals surface area contributed by atoms with Crippen LogP contribution in [0.15, 0.2) is 24.7 Å². The zero-order valence-electron chi connectivity index (χ0n) is 10.8. The molecule has 0 fully saturated rings. The third-order valence-corrected chi connectivity index (χ3v) is 2.86. The van der Waals surface area contributed by atoms with E-state index < -0.39 is 4.92 Å². The maximum atomic E-state index is 10.7. The lowest BCUT2D eigenvalue weighted by Gasteiger charge is -2.15. The van der Waals surface area contributed by atoms with Crippen LogP contribution in [-0.4, -0.2) is 19.9 Å². The van der Waals surface area contributed by atoms with Crippen LogP contribution in [0.5, 0.6) is 0 Å². The third kappa shape index (κ3) is 2.87. The number of rotatable bonds is 5. The number of hydrogen-bond acceptors (Lipinski definition) is 5. The van der Waals surface area contributed by atoms with Crippen LogP contribution in [0.25, 0.3) is 0 Å². The Morgan fingerprint density at radius 2 is 2.32 bits per heavy atom. The van der Waals surface area contributed by atoms with Gasteiger partial charge >= 0.3 is 0 Å². The highest BCUT2D eigenvalue weighted by Crippen LogP contribution is 2.22. The SMILES string of the molecule is CCC(Nc1cc(C)c([N+](=O)[O-])cn1)c1ncc[nH]1. The number of aromatic nitrogens is 3. The maximum absolute atomic E-state index is 10.7. The van der Waals surface area contributed by atoms with Crippen molar-refractivity contribution in [1.82, 2.24) is 15.0 Å². The molecular weight excluding hydrogens is 246 g/mol. The molecule has 0 bridgehead atoms. The summed E-state index contributed by atoms with van der Waals surface area (Å²) in [5.74, 6) is 1.42. The minimum atomic E-state index is -0.435. The summed E-state index contributed by atoms with van der Waals surface area (Å²) < 4.78 is 0. The molecule has 0 spiro atoms. The first-order valence-corrected chi connectivity index (χ1v) is 5.98. The summed E-state index contributed by atoms with van der Waals surface area (Å²) in [6.07, 6.45) is 5.54. The first-order valence-electron chi connectivity index (χ1n) is 5.98. The summed E-state index contributed by atoms with van der Waals surface area (Å²) in [7, 11) is 0. The van der Waals surface area contributed by atoms with Crippen LogP contribution in [0, 0.1) is 17.0 Å². The molecule has 0 aliphatic rings. The number of H-pyrrole nitrogens is 1. The Bertz CT molecular complexity index is 568. The molecule has 1 atom stereocenters. The zero-order chi connectivity index (χ0) is 13.8. The van der Waals surface area contributed by atoms with Crippen LogP contribution in [0.3, 0.4) is 0 Å². The molecule has 2 aromatic rings. The van der Waals surface area contributed by atoms with Crippen LogP contribution in [0.2, 0.25) is 0 Å². The summed E-state index contributed by atoms with van der Waals surface area (Å²) in [5, 5.41) is 13.9. The zero-order valence-corrected chi connectivity index (χ0v) is 10.8. The molecule has 1 unspecified atom stereocenters. The van der Waals surface area contributed by atoms with E-state index in [2.05, 4.69) is 20.3 Å². The summed E-state index contributed by atoms with van der Waals surface area (Å²) in [6.45, 7) is 3.72. The lowest BCUT2D eigenvalue weighted by Crippen LogP contribution is -2.12. The summed E-state index contributed by atoms with van der Waals surface area (Å²) in [6, 6.07) is 1.67. The predicted molar refractivity (Wildman–Crippen MR) is 70.9 cm³/mol. The van der Waals surface area contributed by atoms with E-state index in [1.807, 2.05) is 6.92 Å². The second-order valence-electron chi connectivity index (χ2n) is 4.19. The van der Waals surface area contributed by atoms with Crippen molar-refractivity contribution in [3.8, 4) is 0 Å². The second kappa shape index (κ2) is 5.47. The van der Waals surface area contributed by atoms with Gasteiger partial charge in [0.15, 0.2) is 0 Å². The average Bonchev–Trinajstić information content (AvgIpc) is 2.89. The molecule has 2 N–H and O–H groups in total. The van der Waals surface area contributed by atoms with E-state index in [9.17, 15) is 10.1 Å². The van der Waals surface area contributed by atoms with Gasteiger partial charge in [-0.15, -0.1) is 0 Å². The predicted octanol–water partition coefficient (Wildman–Crippen LogP) is 2.58. The minimum absolute atomic E-state index is 0.00311. The Hall–Kier alpha value is -2.44. The molecule has 7 heteroatoms. The van der Waals surface area contributed by atoms with Crippen LogP contribution in [0.4, 0.5) is 11.5 Å². The molecule has 7 nitrogen and oxygen atoms in total. The number of nitro groups is 1. The molecule has 0 aliphatic heterocycles. The Morgan fingerprint density at radius 3 is 2.84 bits per heavy atom. The highest BCUT2D eigenvalue weighted by Gasteiger charge is 2.15. The lowest BCUT2D eigenvalue weighted by atomic mass is 10.2. The van der Waals surface area contributed by atoms with Gasteiger partial charge in [0.2, 0.25) is 0 Å². The Kier molecular flexibility index (Phi) is 3.74. The Labute approximate surface area is 110 Å². The largest absolute Gasteiger partial charge is 0.360 e. The number of anilines is 1. The van der Waals surface area contributed by atoms with Crippen molar-refractivity contribution in [2.24, 2.45) is 0 Å². The van der Waals surface area contributed by atoms with Gasteiger partial charge in [0.05, 0.1) is 11.0 Å². The van der Waals surface area contributed by atoms with Gasteiger partial charge in [-0.05, 0) is 19.4 Å². The van der Waals surface area contributed by atoms with Crippen molar-refractivity contribution in [3.63, 3.8) is 0 Å². The highest BCUT2D eigenvalue weighted by atomic mass is 16.6. The molecule has 0 aromatic carbocycles. The third-order valence-electron chi connectivity index (χ3n) is 2.86. The molecule has 100 valence electrons. The number of nitrogens with one attached hydrogen (secondary N) is 2. The number of aryl methyl sites for hydroxylation is 1. The van der Waals surface area contributed by atoms with Crippen LogP contribution in [0.1, 0.15) is 30.8 Å². The lowest BCUT2D eigenvalue weighted by molar-refractivity contribution is -0.385. The molecule has 19 heavy (non-hydrogen) atoms. The van der Waals surface area contributed by atoms with Crippen molar-refractivity contribution in [2.45, 2.75) is 26.3 Å². The van der Waals surface area contributed by atoms with Crippen LogP contribution >= 0.6 is 0 Å². The van der Waals surface area contributed by atoms with Crippen molar-refractivity contribution in [2.75, 3.05) is 5.32 Å². The van der Waals surface area contributed by atoms with E-state index in [1.165, 1.54) is 6.20 Å². The monoisotopic (exact) mass is 261 g/mol. The number of hydrogen-bond donors (Lipinski definition) is 2. The van der Waals surface area contributed by atoms with E-state index in [1.54, 1.807) is 25.4 Å². The molecule has 0 aliphatic carbocycles. The minimum Gasteiger partial charge on any atom is -0.360 e. The topological polar surface area (TPSA) is 96.7 Å². The summed E-state index contributed by atoms with van der Waals surface area (Å²) in [4.78, 5) is 21.6. The van der Waals surface area contributed by atoms with Crippen LogP contribution in [-0.2, 0) is 0 Å². The van der Waals surface area contributed by atoms with Gasteiger partial charge in [-0.3, -0.25) is 10.1 Å². The van der Waals surface area contributed by atoms with Gasteiger partial charge in [-0.25, -0.2) is 9.97 Å². The summed E-state index contributed by atoms with van der Waals surface area (Å²) in [5.41, 5.74) is 0.605. The molecule has 0 amide bonds. The first kappa shape index (κ1) is 13.0. The smallest absolute Gasteiger partial charge is 0.290 e. The number of nitrogens with zero attached hydrogens (tertiary/aromatic N) is 3. The molecule has 0 saturated carbocycles. The molecule has 0 radical (unpaired) electrons. The first-order chi connectivity index (χ1) is 9.11. The Morgan fingerprint density at radius 1 is 1.53 bits per heavy atom. The molecule has 2 heterocycles. The van der Waals surface area contributed by atoms with Crippen molar-refractivity contribution in [3.05, 3.63) is 46.2 Å². The molecular formula is C12H15N5O2. The standard InChI is InChI=1S/C12H15N5O2/c1-3-9(12-13-4-5-14-12)16-11-6-8(2)10(7-15-11)17(18)19/h4-7,9H,3H2,1-2H3,(H,13,14)(H,15,16). The highest BCUT2D eigenvalue weighted by molar-refractivity contribution is 5.47. The fourth-order valence-electron chi connectivity index (χ4n) is 1.83. The normalized spacial score (nSPS) is 12.1. The molecule has 2 rings (SSSR count). The van der Waals surface area contributed by atoms with Gasteiger partial charge in [0, 0.05) is 18.0 Å². The van der Waals surface area contributed by atoms with Gasteiger partial charge in [0.1, 0.15) is 17.8 Å². The van der Waals surface area contributed by atoms with Crippen molar-refractivity contribution in [1.29, 1.82) is 0 Å². The Balaban J connectivity index is 2.19. The molecule has 0 saturated heterocycles. The average molecular weight is 261 g/mol.